The van der Waals surface area contributed by atoms with Crippen LogP contribution in [0.3, 0.4) is 0 Å². The van der Waals surface area contributed by atoms with Gasteiger partial charge in [-0.15, -0.1) is 0 Å². The Morgan fingerprint density at radius 2 is 0.825 bits per heavy atom. The molecule has 22 heteroatoms. The number of halogens is 12. The molecule has 0 saturated carbocycles. The highest BCUT2D eigenvalue weighted by atomic mass is 19.4. The minimum Gasteiger partial charge on any atom is -0.465 e. The maximum absolute atomic E-state index is 13.5. The summed E-state index contributed by atoms with van der Waals surface area (Å²) in [6, 6.07) is 0. The van der Waals surface area contributed by atoms with Crippen molar-refractivity contribution in [3.63, 3.8) is 0 Å². The number of carbonyl (C=O) groups is 4. The smallest absolute Gasteiger partial charge is 0.465 e. The molecule has 0 aliphatic carbocycles. The molecule has 0 amide bonds. The zero-order chi connectivity index (χ0) is 45.4. The van der Waals surface area contributed by atoms with Crippen molar-refractivity contribution in [1.29, 1.82) is 0 Å². The molecule has 10 nitrogen and oxygen atoms in total. The SMILES string of the molecule is C.CCC(C)(C)C(=O)OC(C)CC(OC(=O)OC(C)(C)C)(C(F)(F)F)C(F)(F)F.CCC(C)(C)C(=O)OCCCC(OC(=O)OC(C)(C)C)(C(F)(F)F)C(F)(F)F. The van der Waals surface area contributed by atoms with Gasteiger partial charge in [0.2, 0.25) is 0 Å². The van der Waals surface area contributed by atoms with Gasteiger partial charge in [-0.25, -0.2) is 9.59 Å². The third-order valence-electron chi connectivity index (χ3n) is 7.79. The summed E-state index contributed by atoms with van der Waals surface area (Å²) in [4.78, 5) is 46.9. The van der Waals surface area contributed by atoms with Gasteiger partial charge in [-0.3, -0.25) is 9.59 Å². The fourth-order valence-corrected chi connectivity index (χ4v) is 3.75. The van der Waals surface area contributed by atoms with E-state index in [0.29, 0.717) is 6.42 Å². The van der Waals surface area contributed by atoms with E-state index in [9.17, 15) is 71.9 Å². The summed E-state index contributed by atoms with van der Waals surface area (Å²) < 4.78 is 187. The van der Waals surface area contributed by atoms with Crippen molar-refractivity contribution < 1.29 is 100 Å². The fraction of sp³-hybridized carbons (Fsp3) is 0.886. The Morgan fingerprint density at radius 3 is 1.12 bits per heavy atom. The van der Waals surface area contributed by atoms with Gasteiger partial charge in [0.15, 0.2) is 0 Å². The van der Waals surface area contributed by atoms with Crippen LogP contribution in [0, 0.1) is 10.8 Å². The van der Waals surface area contributed by atoms with E-state index in [2.05, 4.69) is 18.9 Å². The summed E-state index contributed by atoms with van der Waals surface area (Å²) in [6.07, 6.45) is -33.9. The molecule has 0 aromatic carbocycles. The summed E-state index contributed by atoms with van der Waals surface area (Å²) in [5.74, 6) is -1.73. The number of esters is 2. The van der Waals surface area contributed by atoms with Gasteiger partial charge in [-0.2, -0.15) is 52.7 Å². The fourth-order valence-electron chi connectivity index (χ4n) is 3.75. The topological polar surface area (TPSA) is 124 Å². The quantitative estimate of drug-likeness (QED) is 0.0765. The Balaban J connectivity index is -0.00000101. The lowest BCUT2D eigenvalue weighted by Gasteiger charge is -2.38. The van der Waals surface area contributed by atoms with Crippen molar-refractivity contribution in [1.82, 2.24) is 0 Å². The van der Waals surface area contributed by atoms with Crippen LogP contribution in [0.25, 0.3) is 0 Å². The minimum absolute atomic E-state index is 0. The number of hydrogen-bond acceptors (Lipinski definition) is 10. The van der Waals surface area contributed by atoms with E-state index in [0.717, 1.165) is 6.92 Å². The molecule has 340 valence electrons. The first-order chi connectivity index (χ1) is 24.5. The Kier molecular flexibility index (Phi) is 20.4. The summed E-state index contributed by atoms with van der Waals surface area (Å²) in [6.45, 7) is 16.8. The summed E-state index contributed by atoms with van der Waals surface area (Å²) in [7, 11) is 0. The number of rotatable bonds is 13. The first-order valence-electron chi connectivity index (χ1n) is 17.0. The molecule has 1 unspecified atom stereocenters. The first kappa shape index (κ1) is 58.0. The molecular weight excluding hydrogens is 808 g/mol. The van der Waals surface area contributed by atoms with E-state index in [1.165, 1.54) is 69.2 Å². The van der Waals surface area contributed by atoms with Gasteiger partial charge >= 0.3 is 60.2 Å². The third-order valence-corrected chi connectivity index (χ3v) is 7.79. The lowest BCUT2D eigenvalue weighted by molar-refractivity contribution is -0.374. The highest BCUT2D eigenvalue weighted by Gasteiger charge is 2.76. The Hall–Kier alpha value is -3.36. The van der Waals surface area contributed by atoms with Gasteiger partial charge in [0, 0.05) is 12.8 Å². The van der Waals surface area contributed by atoms with Crippen molar-refractivity contribution in [2.45, 2.75) is 183 Å². The molecule has 0 N–H and O–H groups in total. The Morgan fingerprint density at radius 1 is 0.509 bits per heavy atom. The maximum atomic E-state index is 13.5. The molecule has 0 aliphatic rings. The van der Waals surface area contributed by atoms with Crippen molar-refractivity contribution in [3.05, 3.63) is 0 Å². The van der Waals surface area contributed by atoms with Crippen molar-refractivity contribution >= 4 is 24.2 Å². The molecule has 0 fully saturated rings. The number of carbonyl (C=O) groups excluding carboxylic acids is 4. The molecule has 57 heavy (non-hydrogen) atoms. The van der Waals surface area contributed by atoms with E-state index in [1.54, 1.807) is 13.8 Å². The van der Waals surface area contributed by atoms with Gasteiger partial charge < -0.3 is 28.4 Å². The van der Waals surface area contributed by atoms with Crippen LogP contribution in [0.4, 0.5) is 62.3 Å². The van der Waals surface area contributed by atoms with E-state index in [1.807, 2.05) is 0 Å². The van der Waals surface area contributed by atoms with Gasteiger partial charge in [0.1, 0.15) is 17.3 Å². The van der Waals surface area contributed by atoms with Crippen LogP contribution >= 0.6 is 0 Å². The monoisotopic (exact) mass is 864 g/mol. The van der Waals surface area contributed by atoms with Crippen LogP contribution < -0.4 is 0 Å². The molecule has 0 spiro atoms. The van der Waals surface area contributed by atoms with Gasteiger partial charge in [0.25, 0.3) is 0 Å². The summed E-state index contributed by atoms with van der Waals surface area (Å²) in [5.41, 5.74) is -14.5. The number of ether oxygens (including phenoxy) is 6. The lowest BCUT2D eigenvalue weighted by atomic mass is 9.90. The first-order valence-corrected chi connectivity index (χ1v) is 17.0. The highest BCUT2D eigenvalue weighted by Crippen LogP contribution is 2.51. The normalized spacial score (nSPS) is 14.2. The van der Waals surface area contributed by atoms with Crippen molar-refractivity contribution in [2.75, 3.05) is 6.61 Å². The molecular formula is C35H56F12O10. The van der Waals surface area contributed by atoms with Crippen LogP contribution in [0.2, 0.25) is 0 Å². The molecule has 0 rings (SSSR count). The van der Waals surface area contributed by atoms with Crippen LogP contribution in [0.1, 0.15) is 130 Å². The van der Waals surface area contributed by atoms with E-state index >= 15 is 0 Å². The maximum Gasteiger partial charge on any atom is 0.510 e. The molecule has 0 bridgehead atoms. The van der Waals surface area contributed by atoms with Gasteiger partial charge in [-0.1, -0.05) is 21.3 Å². The summed E-state index contributed by atoms with van der Waals surface area (Å²) in [5, 5.41) is 0. The van der Waals surface area contributed by atoms with Gasteiger partial charge in [-0.05, 0) is 95.4 Å². The standard InChI is InChI=1S/2C17H26F6O5.CH4/c1-8-14(6,7)11(24)26-10(2)9-15(16(18,19)20,17(21,22)23)28-12(25)27-13(3,4)5;1-7-14(5,6)11(24)26-10-8-9-15(16(18,19)20,17(21,22)23)28-12(25)27-13(2,3)4;/h10H,8-9H2,1-7H3;7-10H2,1-6H3;1H4. The number of hydrogen-bond donors (Lipinski definition) is 0. The van der Waals surface area contributed by atoms with E-state index < -0.39 is 114 Å². The van der Waals surface area contributed by atoms with E-state index in [4.69, 9.17) is 9.47 Å². The Bertz CT molecular complexity index is 1280. The highest BCUT2D eigenvalue weighted by molar-refractivity contribution is 5.76. The molecule has 0 saturated heterocycles. The molecule has 0 aromatic rings. The van der Waals surface area contributed by atoms with E-state index in [-0.39, 0.29) is 13.8 Å². The molecule has 0 aromatic heterocycles. The number of alkyl halides is 12. The second-order valence-corrected chi connectivity index (χ2v) is 15.9. The predicted octanol–water partition coefficient (Wildman–Crippen LogP) is 11.8. The zero-order valence-electron chi connectivity index (χ0n) is 33.4. The second kappa shape index (κ2) is 20.1. The lowest BCUT2D eigenvalue weighted by Crippen LogP contribution is -2.61. The molecule has 1 atom stereocenters. The van der Waals surface area contributed by atoms with Crippen LogP contribution in [0.15, 0.2) is 0 Å². The summed E-state index contributed by atoms with van der Waals surface area (Å²) >= 11 is 0. The van der Waals surface area contributed by atoms with Crippen LogP contribution in [-0.2, 0) is 38.0 Å². The largest absolute Gasteiger partial charge is 0.510 e. The second-order valence-electron chi connectivity index (χ2n) is 15.9. The van der Waals surface area contributed by atoms with Crippen molar-refractivity contribution in [2.24, 2.45) is 10.8 Å². The van der Waals surface area contributed by atoms with Crippen LogP contribution in [0.5, 0.6) is 0 Å². The third kappa shape index (κ3) is 17.6. The average molecular weight is 865 g/mol. The van der Waals surface area contributed by atoms with Crippen LogP contribution in [-0.4, -0.2) is 84.1 Å². The molecule has 0 aliphatic heterocycles. The zero-order valence-corrected chi connectivity index (χ0v) is 33.4. The average Bonchev–Trinajstić information content (AvgIpc) is 2.93. The van der Waals surface area contributed by atoms with Gasteiger partial charge in [0.05, 0.1) is 17.4 Å². The molecule has 0 radical (unpaired) electrons. The Labute approximate surface area is 324 Å². The minimum atomic E-state index is -6.04. The van der Waals surface area contributed by atoms with Crippen molar-refractivity contribution in [3.8, 4) is 0 Å². The predicted molar refractivity (Wildman–Crippen MR) is 180 cm³/mol. The molecule has 0 heterocycles.